The van der Waals surface area contributed by atoms with Gasteiger partial charge in [0.2, 0.25) is 0 Å². The van der Waals surface area contributed by atoms with Gasteiger partial charge in [0.15, 0.2) is 0 Å². The molecule has 3 heteroatoms. The van der Waals surface area contributed by atoms with Gasteiger partial charge < -0.3 is 9.80 Å². The Kier molecular flexibility index (Phi) is 6.83. The lowest BCUT2D eigenvalue weighted by Gasteiger charge is -2.32. The molecule has 0 atom stereocenters. The Morgan fingerprint density at radius 2 is 1.17 bits per heavy atom. The van der Waals surface area contributed by atoms with Crippen LogP contribution < -0.4 is 9.80 Å². The summed E-state index contributed by atoms with van der Waals surface area (Å²) in [5.74, 6) is 0. The molecule has 2 nitrogen and oxygen atoms in total. The van der Waals surface area contributed by atoms with Gasteiger partial charge in [-0.2, -0.15) is 0 Å². The van der Waals surface area contributed by atoms with Gasteiger partial charge in [0.25, 0.3) is 0 Å². The minimum Gasteiger partial charge on any atom is -0.367 e. The Morgan fingerprint density at radius 3 is 1.81 bits per heavy atom. The maximum absolute atomic E-state index is 3.93. The van der Waals surface area contributed by atoms with Crippen LogP contribution in [0.3, 0.4) is 0 Å². The van der Waals surface area contributed by atoms with Gasteiger partial charge in [0.1, 0.15) is 0 Å². The summed E-state index contributed by atoms with van der Waals surface area (Å²) in [5, 5.41) is 0. The van der Waals surface area contributed by atoms with Crippen molar-refractivity contribution < 1.29 is 0 Å². The minimum absolute atomic E-state index is 0.971. The molecule has 2 heterocycles. The van der Waals surface area contributed by atoms with E-state index in [0.717, 1.165) is 32.6 Å². The molecule has 0 saturated heterocycles. The molecule has 182 valence electrons. The highest BCUT2D eigenvalue weighted by atomic mass is 79.9. The molecule has 2 aliphatic heterocycles. The van der Waals surface area contributed by atoms with Gasteiger partial charge in [-0.3, -0.25) is 0 Å². The van der Waals surface area contributed by atoms with E-state index < -0.39 is 0 Å². The first-order chi connectivity index (χ1) is 17.7. The third-order valence-corrected chi connectivity index (χ3v) is 8.39. The van der Waals surface area contributed by atoms with Crippen molar-refractivity contribution in [2.45, 2.75) is 45.2 Å². The maximum Gasteiger partial charge on any atom is 0.0429 e. The van der Waals surface area contributed by atoms with Gasteiger partial charge in [-0.15, -0.1) is 0 Å². The van der Waals surface area contributed by atoms with Gasteiger partial charge in [-0.25, -0.2) is 0 Å². The lowest BCUT2D eigenvalue weighted by atomic mass is 9.93. The third-order valence-electron chi connectivity index (χ3n) is 7.65. The van der Waals surface area contributed by atoms with Crippen molar-refractivity contribution in [1.82, 2.24) is 0 Å². The average molecular weight is 538 g/mol. The van der Waals surface area contributed by atoms with Crippen LogP contribution in [0.25, 0.3) is 0 Å². The zero-order valence-corrected chi connectivity index (χ0v) is 22.4. The van der Waals surface area contributed by atoms with Crippen molar-refractivity contribution >= 4 is 27.3 Å². The molecular weight excluding hydrogens is 504 g/mol. The lowest BCUT2D eigenvalue weighted by Crippen LogP contribution is -2.29. The van der Waals surface area contributed by atoms with E-state index in [2.05, 4.69) is 117 Å². The molecule has 2 aliphatic rings. The summed E-state index contributed by atoms with van der Waals surface area (Å²) in [4.78, 5) is 5.09. The molecular formula is C33H33BrN2. The van der Waals surface area contributed by atoms with E-state index in [4.69, 9.17) is 0 Å². The van der Waals surface area contributed by atoms with Crippen LogP contribution in [-0.4, -0.2) is 13.1 Å². The molecule has 0 spiro atoms. The van der Waals surface area contributed by atoms with E-state index in [1.165, 1.54) is 74.9 Å². The Hall–Kier alpha value is -3.04. The fourth-order valence-corrected chi connectivity index (χ4v) is 6.34. The van der Waals surface area contributed by atoms with Crippen LogP contribution in [0.2, 0.25) is 0 Å². The molecule has 0 fully saturated rings. The van der Waals surface area contributed by atoms with E-state index in [0.29, 0.717) is 0 Å². The number of rotatable bonds is 6. The number of anilines is 2. The predicted molar refractivity (Wildman–Crippen MR) is 155 cm³/mol. The topological polar surface area (TPSA) is 6.48 Å². The minimum atomic E-state index is 0.971. The monoisotopic (exact) mass is 536 g/mol. The summed E-state index contributed by atoms with van der Waals surface area (Å²) in [5.41, 5.74) is 11.4. The zero-order chi connectivity index (χ0) is 24.3. The highest BCUT2D eigenvalue weighted by Gasteiger charge is 2.21. The smallest absolute Gasteiger partial charge is 0.0429 e. The van der Waals surface area contributed by atoms with E-state index in [1.807, 2.05) is 0 Å². The van der Waals surface area contributed by atoms with Crippen LogP contribution in [0.15, 0.2) is 95.5 Å². The molecule has 0 radical (unpaired) electrons. The van der Waals surface area contributed by atoms with Gasteiger partial charge in [0.05, 0.1) is 0 Å². The molecule has 0 aromatic heterocycles. The average Bonchev–Trinajstić information content (AvgIpc) is 2.91. The Bertz CT molecular complexity index is 1330. The fraction of sp³-hybridized carbons (Fsp3) is 0.273. The molecule has 36 heavy (non-hydrogen) atoms. The first-order valence-electron chi connectivity index (χ1n) is 13.2. The molecule has 0 amide bonds. The third kappa shape index (κ3) is 5.08. The largest absolute Gasteiger partial charge is 0.367 e. The summed E-state index contributed by atoms with van der Waals surface area (Å²) < 4.78 is 1.23. The van der Waals surface area contributed by atoms with E-state index >= 15 is 0 Å². The maximum atomic E-state index is 3.93. The van der Waals surface area contributed by atoms with Gasteiger partial charge in [-0.05, 0) is 77.6 Å². The highest BCUT2D eigenvalue weighted by molar-refractivity contribution is 9.10. The molecule has 4 aromatic carbocycles. The number of fused-ring (bicyclic) bond motifs is 2. The van der Waals surface area contributed by atoms with E-state index in [9.17, 15) is 0 Å². The molecule has 0 N–H and O–H groups in total. The van der Waals surface area contributed by atoms with Crippen molar-refractivity contribution in [1.29, 1.82) is 0 Å². The molecule has 0 aliphatic carbocycles. The molecule has 6 rings (SSSR count). The zero-order valence-electron chi connectivity index (χ0n) is 20.8. The van der Waals surface area contributed by atoms with Crippen LogP contribution in [0.5, 0.6) is 0 Å². The molecule has 0 bridgehead atoms. The van der Waals surface area contributed by atoms with E-state index in [-0.39, 0.29) is 0 Å². The number of hydrogen-bond acceptors (Lipinski definition) is 2. The number of nitrogens with zero attached hydrogens (tertiary/aromatic N) is 2. The second kappa shape index (κ2) is 10.5. The summed E-state index contributed by atoms with van der Waals surface area (Å²) in [7, 11) is 0. The van der Waals surface area contributed by atoms with Crippen LogP contribution in [-0.2, 0) is 32.4 Å². The quantitative estimate of drug-likeness (QED) is 0.246. The molecule has 0 unspecified atom stereocenters. The highest BCUT2D eigenvalue weighted by Crippen LogP contribution is 2.36. The number of hydrogen-bond donors (Lipinski definition) is 0. The number of benzene rings is 4. The van der Waals surface area contributed by atoms with Crippen LogP contribution in [0, 0.1) is 0 Å². The second-order valence-electron chi connectivity index (χ2n) is 10.2. The Balaban J connectivity index is 1.21. The van der Waals surface area contributed by atoms with Crippen molar-refractivity contribution in [2.24, 2.45) is 0 Å². The first-order valence-corrected chi connectivity index (χ1v) is 14.0. The predicted octanol–water partition coefficient (Wildman–Crippen LogP) is 7.95. The Labute approximate surface area is 223 Å². The van der Waals surface area contributed by atoms with Gasteiger partial charge in [0, 0.05) is 42.0 Å². The standard InChI is InChI=1S/C33H33BrN2/c34-31-22-33-29(14-8-18-36(33)24-26-11-5-2-6-12-26)21-30(31)20-27-15-16-32-28(19-27)13-7-17-35(32)23-25-9-3-1-4-10-25/h1-6,9-12,15-16,19,21-22H,7-8,13-14,17-18,20,23-24H2. The van der Waals surface area contributed by atoms with Gasteiger partial charge >= 0.3 is 0 Å². The summed E-state index contributed by atoms with van der Waals surface area (Å²) in [6, 6.07) is 33.7. The lowest BCUT2D eigenvalue weighted by molar-refractivity contribution is 0.689. The van der Waals surface area contributed by atoms with Crippen LogP contribution in [0.1, 0.15) is 46.2 Å². The normalized spacial score (nSPS) is 14.9. The second-order valence-corrected chi connectivity index (χ2v) is 11.1. The van der Waals surface area contributed by atoms with Crippen molar-refractivity contribution in [2.75, 3.05) is 22.9 Å². The summed E-state index contributed by atoms with van der Waals surface area (Å²) in [6.07, 6.45) is 5.76. The van der Waals surface area contributed by atoms with Crippen molar-refractivity contribution in [3.8, 4) is 0 Å². The van der Waals surface area contributed by atoms with Crippen LogP contribution in [0.4, 0.5) is 11.4 Å². The first kappa shape index (κ1) is 23.4. The number of aryl methyl sites for hydroxylation is 2. The fourth-order valence-electron chi connectivity index (χ4n) is 5.86. The van der Waals surface area contributed by atoms with Crippen molar-refractivity contribution in [3.63, 3.8) is 0 Å². The van der Waals surface area contributed by atoms with Gasteiger partial charge in [-0.1, -0.05) is 94.8 Å². The Morgan fingerprint density at radius 1 is 0.583 bits per heavy atom. The SMILES string of the molecule is Brc1cc2c(cc1Cc1ccc3c(c1)CCCN3Cc1ccccc1)CCCN2Cc1ccccc1. The van der Waals surface area contributed by atoms with Crippen LogP contribution >= 0.6 is 15.9 Å². The molecule has 0 saturated carbocycles. The summed E-state index contributed by atoms with van der Waals surface area (Å²) >= 11 is 3.93. The molecule has 4 aromatic rings. The van der Waals surface area contributed by atoms with Crippen molar-refractivity contribution in [3.05, 3.63) is 129 Å². The van der Waals surface area contributed by atoms with E-state index in [1.54, 1.807) is 0 Å². The summed E-state index contributed by atoms with van der Waals surface area (Å²) in [6.45, 7) is 4.22. The number of halogens is 1.